The fraction of sp³-hybridized carbons (Fsp3) is 0. The molecule has 228 valence electrons. The number of hydrogen-bond donors (Lipinski definition) is 0. The maximum Gasteiger partial charge on any atom is 0.164 e. The van der Waals surface area contributed by atoms with Gasteiger partial charge in [-0.1, -0.05) is 133 Å². The molecule has 0 aliphatic heterocycles. The number of rotatable bonds is 4. The molecule has 0 aliphatic rings. The number of nitrogens with zero attached hydrogens (tertiary/aromatic N) is 3. The van der Waals surface area contributed by atoms with Crippen molar-refractivity contribution in [3.63, 3.8) is 0 Å². The Morgan fingerprint density at radius 1 is 0.286 bits per heavy atom. The summed E-state index contributed by atoms with van der Waals surface area (Å²) in [7, 11) is 0. The molecule has 0 bridgehead atoms. The van der Waals surface area contributed by atoms with Crippen LogP contribution in [0.3, 0.4) is 0 Å². The van der Waals surface area contributed by atoms with Gasteiger partial charge in [-0.15, -0.1) is 11.3 Å². The van der Waals surface area contributed by atoms with Crippen LogP contribution < -0.4 is 0 Å². The Morgan fingerprint density at radius 3 is 1.55 bits per heavy atom. The zero-order chi connectivity index (χ0) is 32.3. The summed E-state index contributed by atoms with van der Waals surface area (Å²) in [5.41, 5.74) is 5.30. The molecule has 10 aromatic rings. The molecule has 0 atom stereocenters. The molecule has 0 radical (unpaired) electrons. The third-order valence-corrected chi connectivity index (χ3v) is 10.6. The molecule has 8 aromatic carbocycles. The summed E-state index contributed by atoms with van der Waals surface area (Å²) in [6.45, 7) is 0. The summed E-state index contributed by atoms with van der Waals surface area (Å²) in [6.07, 6.45) is 0. The molecule has 2 aromatic heterocycles. The highest BCUT2D eigenvalue weighted by molar-refractivity contribution is 7.25. The fourth-order valence-corrected chi connectivity index (χ4v) is 8.12. The minimum atomic E-state index is 0.657. The van der Waals surface area contributed by atoms with Crippen LogP contribution in [0, 0.1) is 0 Å². The van der Waals surface area contributed by atoms with E-state index in [0.717, 1.165) is 27.5 Å². The zero-order valence-electron chi connectivity index (χ0n) is 26.3. The van der Waals surface area contributed by atoms with Crippen molar-refractivity contribution < 1.29 is 0 Å². The van der Waals surface area contributed by atoms with Crippen molar-refractivity contribution in [2.45, 2.75) is 0 Å². The number of thiophene rings is 1. The maximum absolute atomic E-state index is 5.12. The third-order valence-electron chi connectivity index (χ3n) is 9.48. The van der Waals surface area contributed by atoms with E-state index >= 15 is 0 Å². The van der Waals surface area contributed by atoms with E-state index in [2.05, 4.69) is 164 Å². The van der Waals surface area contributed by atoms with Gasteiger partial charge in [0.15, 0.2) is 17.5 Å². The standard InChI is InChI=1S/C45H27N3S/c1-2-8-28(9-3-1)30-15-16-32-25-34(19-17-31(32)24-30)43-46-44(35-20-22-38-33(26-35)18-14-29-10-4-5-11-37(29)38)48-45(47-43)36-21-23-40-39-12-6-7-13-41(39)49-42(40)27-36/h1-27H. The lowest BCUT2D eigenvalue weighted by atomic mass is 9.99. The van der Waals surface area contributed by atoms with Gasteiger partial charge in [0.25, 0.3) is 0 Å². The van der Waals surface area contributed by atoms with Crippen LogP contribution in [0.25, 0.3) is 97.8 Å². The second-order valence-electron chi connectivity index (χ2n) is 12.5. The van der Waals surface area contributed by atoms with E-state index in [4.69, 9.17) is 15.0 Å². The second-order valence-corrected chi connectivity index (χ2v) is 13.6. The van der Waals surface area contributed by atoms with Gasteiger partial charge in [0.1, 0.15) is 0 Å². The zero-order valence-corrected chi connectivity index (χ0v) is 27.2. The van der Waals surface area contributed by atoms with Crippen LogP contribution in [-0.4, -0.2) is 15.0 Å². The molecular weight excluding hydrogens is 615 g/mol. The SMILES string of the molecule is c1ccc(-c2ccc3cc(-c4nc(-c5ccc6c(ccc7ccccc76)c5)nc(-c5ccc6c(c5)sc5ccccc56)n4)ccc3c2)cc1. The Bertz CT molecular complexity index is 2890. The van der Waals surface area contributed by atoms with Crippen molar-refractivity contribution in [1.29, 1.82) is 0 Å². The summed E-state index contributed by atoms with van der Waals surface area (Å²) in [5.74, 6) is 1.98. The molecule has 2 heterocycles. The van der Waals surface area contributed by atoms with Crippen LogP contribution in [0.5, 0.6) is 0 Å². The molecule has 3 nitrogen and oxygen atoms in total. The van der Waals surface area contributed by atoms with Gasteiger partial charge in [0.2, 0.25) is 0 Å². The predicted molar refractivity (Wildman–Crippen MR) is 207 cm³/mol. The minimum absolute atomic E-state index is 0.657. The first-order valence-corrected chi connectivity index (χ1v) is 17.2. The predicted octanol–water partition coefficient (Wildman–Crippen LogP) is 12.4. The Balaban J connectivity index is 1.14. The van der Waals surface area contributed by atoms with Gasteiger partial charge in [-0.05, 0) is 73.8 Å². The average Bonchev–Trinajstić information content (AvgIpc) is 3.55. The Morgan fingerprint density at radius 2 is 0.776 bits per heavy atom. The molecule has 10 rings (SSSR count). The molecule has 4 heteroatoms. The summed E-state index contributed by atoms with van der Waals surface area (Å²) in [5, 5.41) is 9.71. The lowest BCUT2D eigenvalue weighted by Crippen LogP contribution is -2.00. The molecule has 0 amide bonds. The Labute approximate surface area is 286 Å². The third kappa shape index (κ3) is 4.85. The molecule has 0 fully saturated rings. The Kier molecular flexibility index (Phi) is 6.36. The first-order chi connectivity index (χ1) is 24.2. The van der Waals surface area contributed by atoms with Crippen molar-refractivity contribution in [2.75, 3.05) is 0 Å². The van der Waals surface area contributed by atoms with Gasteiger partial charge in [0.05, 0.1) is 0 Å². The van der Waals surface area contributed by atoms with Crippen molar-refractivity contribution in [1.82, 2.24) is 15.0 Å². The van der Waals surface area contributed by atoms with E-state index in [9.17, 15) is 0 Å². The lowest BCUT2D eigenvalue weighted by molar-refractivity contribution is 1.08. The van der Waals surface area contributed by atoms with Crippen molar-refractivity contribution >= 4 is 63.8 Å². The van der Waals surface area contributed by atoms with Crippen molar-refractivity contribution in [3.05, 3.63) is 164 Å². The van der Waals surface area contributed by atoms with Crippen LogP contribution in [0.4, 0.5) is 0 Å². The van der Waals surface area contributed by atoms with Gasteiger partial charge < -0.3 is 0 Å². The molecule has 0 unspecified atom stereocenters. The van der Waals surface area contributed by atoms with Gasteiger partial charge in [-0.3, -0.25) is 0 Å². The van der Waals surface area contributed by atoms with Crippen molar-refractivity contribution in [3.8, 4) is 45.3 Å². The van der Waals surface area contributed by atoms with E-state index in [0.29, 0.717) is 17.5 Å². The molecule has 0 N–H and O–H groups in total. The monoisotopic (exact) mass is 641 g/mol. The molecule has 0 aliphatic carbocycles. The largest absolute Gasteiger partial charge is 0.208 e. The van der Waals surface area contributed by atoms with Gasteiger partial charge in [-0.25, -0.2) is 15.0 Å². The first-order valence-electron chi connectivity index (χ1n) is 16.4. The molecular formula is C45H27N3S. The molecule has 0 saturated heterocycles. The van der Waals surface area contributed by atoms with Crippen LogP contribution in [0.15, 0.2) is 164 Å². The smallest absolute Gasteiger partial charge is 0.164 e. The minimum Gasteiger partial charge on any atom is -0.208 e. The van der Waals surface area contributed by atoms with Crippen LogP contribution in [-0.2, 0) is 0 Å². The molecule has 0 saturated carbocycles. The van der Waals surface area contributed by atoms with Gasteiger partial charge >= 0.3 is 0 Å². The van der Waals surface area contributed by atoms with Gasteiger partial charge in [0, 0.05) is 36.9 Å². The van der Waals surface area contributed by atoms with E-state index in [1.54, 1.807) is 11.3 Å². The number of fused-ring (bicyclic) bond motifs is 7. The Hall–Kier alpha value is -6.23. The van der Waals surface area contributed by atoms with Crippen LogP contribution in [0.1, 0.15) is 0 Å². The number of benzene rings is 8. The highest BCUT2D eigenvalue weighted by Crippen LogP contribution is 2.37. The van der Waals surface area contributed by atoms with Gasteiger partial charge in [-0.2, -0.15) is 0 Å². The molecule has 0 spiro atoms. The average molecular weight is 642 g/mol. The van der Waals surface area contributed by atoms with E-state index in [-0.39, 0.29) is 0 Å². The maximum atomic E-state index is 5.12. The van der Waals surface area contributed by atoms with Crippen LogP contribution in [0.2, 0.25) is 0 Å². The first kappa shape index (κ1) is 27.8. The normalized spacial score (nSPS) is 11.7. The summed E-state index contributed by atoms with van der Waals surface area (Å²) >= 11 is 1.80. The van der Waals surface area contributed by atoms with Crippen LogP contribution >= 0.6 is 11.3 Å². The highest BCUT2D eigenvalue weighted by atomic mass is 32.1. The fourth-order valence-electron chi connectivity index (χ4n) is 6.98. The quantitative estimate of drug-likeness (QED) is 0.180. The second kappa shape index (κ2) is 11.2. The van der Waals surface area contributed by atoms with E-state index in [1.807, 2.05) is 0 Å². The lowest BCUT2D eigenvalue weighted by Gasteiger charge is -2.11. The van der Waals surface area contributed by atoms with Crippen molar-refractivity contribution in [2.24, 2.45) is 0 Å². The summed E-state index contributed by atoms with van der Waals surface area (Å²) < 4.78 is 2.50. The summed E-state index contributed by atoms with van der Waals surface area (Å²) in [6, 6.07) is 58.2. The number of hydrogen-bond acceptors (Lipinski definition) is 4. The van der Waals surface area contributed by atoms with E-state index < -0.39 is 0 Å². The highest BCUT2D eigenvalue weighted by Gasteiger charge is 2.15. The molecule has 49 heavy (non-hydrogen) atoms. The number of aromatic nitrogens is 3. The topological polar surface area (TPSA) is 38.7 Å². The van der Waals surface area contributed by atoms with E-state index in [1.165, 1.54) is 52.8 Å². The summed E-state index contributed by atoms with van der Waals surface area (Å²) in [4.78, 5) is 15.4.